The van der Waals surface area contributed by atoms with Crippen LogP contribution in [-0.2, 0) is 9.53 Å². The van der Waals surface area contributed by atoms with Gasteiger partial charge in [-0.3, -0.25) is 4.79 Å². The molecule has 1 amide bonds. The van der Waals surface area contributed by atoms with Gasteiger partial charge in [-0.05, 0) is 49.2 Å². The molecule has 1 fully saturated rings. The van der Waals surface area contributed by atoms with Crippen molar-refractivity contribution < 1.29 is 18.7 Å². The fourth-order valence-electron chi connectivity index (χ4n) is 2.87. The monoisotopic (exact) mass is 338 g/mol. The standard InChI is InChI=1S/C19H18N2O4/c1-23-14-7-4-12(5-8-14)19-21-15-9-6-13(11-17(15)25-19)20-18(22)16-3-2-10-24-16/h4-9,11,16H,2-3,10H2,1H3,(H,20,22). The molecule has 1 aliphatic rings. The van der Waals surface area contributed by atoms with E-state index in [1.54, 1.807) is 13.2 Å². The van der Waals surface area contributed by atoms with Crippen LogP contribution < -0.4 is 10.1 Å². The summed E-state index contributed by atoms with van der Waals surface area (Å²) in [5.74, 6) is 1.19. The first kappa shape index (κ1) is 15.7. The second-order valence-corrected chi connectivity index (χ2v) is 5.92. The lowest BCUT2D eigenvalue weighted by Gasteiger charge is -2.09. The Morgan fingerprint density at radius 3 is 2.80 bits per heavy atom. The van der Waals surface area contributed by atoms with Gasteiger partial charge >= 0.3 is 0 Å². The molecule has 0 bridgehead atoms. The third-order valence-corrected chi connectivity index (χ3v) is 4.22. The normalized spacial score (nSPS) is 16.9. The van der Waals surface area contributed by atoms with E-state index in [-0.39, 0.29) is 12.0 Å². The van der Waals surface area contributed by atoms with Crippen molar-refractivity contribution in [2.45, 2.75) is 18.9 Å². The molecule has 128 valence electrons. The van der Waals surface area contributed by atoms with E-state index >= 15 is 0 Å². The first-order chi connectivity index (χ1) is 12.2. The molecule has 0 saturated carbocycles. The van der Waals surface area contributed by atoms with Crippen LogP contribution in [-0.4, -0.2) is 30.7 Å². The molecule has 0 radical (unpaired) electrons. The number of methoxy groups -OCH3 is 1. The fourth-order valence-corrected chi connectivity index (χ4v) is 2.87. The number of aromatic nitrogens is 1. The maximum absolute atomic E-state index is 12.1. The molecule has 6 heteroatoms. The van der Waals surface area contributed by atoms with E-state index in [0.717, 1.165) is 29.7 Å². The zero-order valence-corrected chi connectivity index (χ0v) is 13.8. The zero-order valence-electron chi connectivity index (χ0n) is 13.8. The summed E-state index contributed by atoms with van der Waals surface area (Å²) in [7, 11) is 1.63. The summed E-state index contributed by atoms with van der Waals surface area (Å²) in [6.45, 7) is 0.643. The van der Waals surface area contributed by atoms with Gasteiger partial charge in [-0.15, -0.1) is 0 Å². The maximum Gasteiger partial charge on any atom is 0.253 e. The predicted octanol–water partition coefficient (Wildman–Crippen LogP) is 3.62. The van der Waals surface area contributed by atoms with Gasteiger partial charge in [0.05, 0.1) is 7.11 Å². The molecule has 3 aromatic rings. The van der Waals surface area contributed by atoms with Crippen molar-refractivity contribution in [3.8, 4) is 17.2 Å². The van der Waals surface area contributed by atoms with Gasteiger partial charge in [-0.1, -0.05) is 0 Å². The second-order valence-electron chi connectivity index (χ2n) is 5.92. The number of nitrogens with zero attached hydrogens (tertiary/aromatic N) is 1. The lowest BCUT2D eigenvalue weighted by Crippen LogP contribution is -2.26. The Labute approximate surface area is 144 Å². The quantitative estimate of drug-likeness (QED) is 0.786. The molecule has 1 aliphatic heterocycles. The lowest BCUT2D eigenvalue weighted by atomic mass is 10.2. The number of anilines is 1. The highest BCUT2D eigenvalue weighted by Crippen LogP contribution is 2.27. The summed E-state index contributed by atoms with van der Waals surface area (Å²) >= 11 is 0. The van der Waals surface area contributed by atoms with Crippen molar-refractivity contribution in [2.24, 2.45) is 0 Å². The Bertz CT molecular complexity index is 895. The van der Waals surface area contributed by atoms with E-state index in [1.807, 2.05) is 36.4 Å². The minimum atomic E-state index is -0.361. The van der Waals surface area contributed by atoms with Gasteiger partial charge in [0.25, 0.3) is 5.91 Å². The zero-order chi connectivity index (χ0) is 17.2. The van der Waals surface area contributed by atoms with Gasteiger partial charge in [0.15, 0.2) is 5.58 Å². The van der Waals surface area contributed by atoms with Crippen LogP contribution in [0, 0.1) is 0 Å². The largest absolute Gasteiger partial charge is 0.497 e. The number of fused-ring (bicyclic) bond motifs is 1. The third-order valence-electron chi connectivity index (χ3n) is 4.22. The molecular formula is C19H18N2O4. The molecule has 2 aromatic carbocycles. The van der Waals surface area contributed by atoms with Gasteiger partial charge in [0, 0.05) is 23.9 Å². The van der Waals surface area contributed by atoms with Gasteiger partial charge in [0.2, 0.25) is 5.89 Å². The van der Waals surface area contributed by atoms with Crippen LogP contribution in [0.2, 0.25) is 0 Å². The molecule has 0 aliphatic carbocycles. The average Bonchev–Trinajstić information content (AvgIpc) is 3.31. The topological polar surface area (TPSA) is 73.6 Å². The molecular weight excluding hydrogens is 320 g/mol. The van der Waals surface area contributed by atoms with Crippen molar-refractivity contribution in [3.05, 3.63) is 42.5 Å². The van der Waals surface area contributed by atoms with Crippen molar-refractivity contribution >= 4 is 22.7 Å². The van der Waals surface area contributed by atoms with Crippen LogP contribution in [0.3, 0.4) is 0 Å². The first-order valence-corrected chi connectivity index (χ1v) is 8.20. The van der Waals surface area contributed by atoms with Crippen LogP contribution in [0.5, 0.6) is 5.75 Å². The fraction of sp³-hybridized carbons (Fsp3) is 0.263. The van der Waals surface area contributed by atoms with Crippen LogP contribution in [0.25, 0.3) is 22.6 Å². The molecule has 0 spiro atoms. The lowest BCUT2D eigenvalue weighted by molar-refractivity contribution is -0.124. The average molecular weight is 338 g/mol. The number of amides is 1. The number of hydrogen-bond donors (Lipinski definition) is 1. The number of hydrogen-bond acceptors (Lipinski definition) is 5. The molecule has 2 heterocycles. The van der Waals surface area contributed by atoms with Crippen LogP contribution in [0.4, 0.5) is 5.69 Å². The molecule has 1 N–H and O–H groups in total. The number of rotatable bonds is 4. The number of oxazole rings is 1. The highest BCUT2D eigenvalue weighted by Gasteiger charge is 2.23. The van der Waals surface area contributed by atoms with Crippen molar-refractivity contribution in [3.63, 3.8) is 0 Å². The minimum Gasteiger partial charge on any atom is -0.497 e. The maximum atomic E-state index is 12.1. The second kappa shape index (κ2) is 6.57. The van der Waals surface area contributed by atoms with E-state index in [9.17, 15) is 4.79 Å². The molecule has 25 heavy (non-hydrogen) atoms. The van der Waals surface area contributed by atoms with E-state index in [2.05, 4.69) is 10.3 Å². The van der Waals surface area contributed by atoms with Crippen molar-refractivity contribution in [1.82, 2.24) is 4.98 Å². The summed E-state index contributed by atoms with van der Waals surface area (Å²) in [5, 5.41) is 2.87. The summed E-state index contributed by atoms with van der Waals surface area (Å²) in [4.78, 5) is 16.6. The Kier molecular flexibility index (Phi) is 4.11. The molecule has 1 unspecified atom stereocenters. The summed E-state index contributed by atoms with van der Waals surface area (Å²) in [5.41, 5.74) is 2.89. The van der Waals surface area contributed by atoms with Gasteiger partial charge in [0.1, 0.15) is 17.4 Å². The SMILES string of the molecule is COc1ccc(-c2nc3ccc(NC(=O)C4CCCO4)cc3o2)cc1. The van der Waals surface area contributed by atoms with Gasteiger partial charge in [-0.25, -0.2) is 4.98 Å². The Hall–Kier alpha value is -2.86. The summed E-state index contributed by atoms with van der Waals surface area (Å²) < 4.78 is 16.4. The predicted molar refractivity (Wildman–Crippen MR) is 93.6 cm³/mol. The summed E-state index contributed by atoms with van der Waals surface area (Å²) in [6.07, 6.45) is 1.32. The number of nitrogens with one attached hydrogen (secondary N) is 1. The van der Waals surface area contributed by atoms with E-state index in [4.69, 9.17) is 13.9 Å². The van der Waals surface area contributed by atoms with Crippen molar-refractivity contribution in [2.75, 3.05) is 19.0 Å². The minimum absolute atomic E-state index is 0.119. The van der Waals surface area contributed by atoms with Crippen LogP contribution in [0.1, 0.15) is 12.8 Å². The molecule has 1 aromatic heterocycles. The number of carbonyl (C=O) groups excluding carboxylic acids is 1. The third kappa shape index (κ3) is 3.21. The van der Waals surface area contributed by atoms with Gasteiger partial charge in [-0.2, -0.15) is 0 Å². The Morgan fingerprint density at radius 2 is 2.08 bits per heavy atom. The van der Waals surface area contributed by atoms with E-state index in [0.29, 0.717) is 23.8 Å². The molecule has 4 rings (SSSR count). The molecule has 6 nitrogen and oxygen atoms in total. The highest BCUT2D eigenvalue weighted by molar-refractivity contribution is 5.95. The molecule has 1 atom stereocenters. The van der Waals surface area contributed by atoms with Gasteiger partial charge < -0.3 is 19.2 Å². The first-order valence-electron chi connectivity index (χ1n) is 8.20. The number of benzene rings is 2. The number of carbonyl (C=O) groups is 1. The number of ether oxygens (including phenoxy) is 2. The van der Waals surface area contributed by atoms with E-state index < -0.39 is 0 Å². The summed E-state index contributed by atoms with van der Waals surface area (Å²) in [6, 6.07) is 12.9. The van der Waals surface area contributed by atoms with Crippen LogP contribution in [0.15, 0.2) is 46.9 Å². The Balaban J connectivity index is 1.57. The van der Waals surface area contributed by atoms with Crippen LogP contribution >= 0.6 is 0 Å². The van der Waals surface area contributed by atoms with E-state index in [1.165, 1.54) is 0 Å². The Morgan fingerprint density at radius 1 is 1.24 bits per heavy atom. The highest BCUT2D eigenvalue weighted by atomic mass is 16.5. The van der Waals surface area contributed by atoms with Crippen molar-refractivity contribution in [1.29, 1.82) is 0 Å². The smallest absolute Gasteiger partial charge is 0.253 e. The molecule has 1 saturated heterocycles.